The van der Waals surface area contributed by atoms with Crippen molar-refractivity contribution in [2.45, 2.75) is 33.3 Å². The number of fused-ring (bicyclic) bond motifs is 1. The van der Waals surface area contributed by atoms with Crippen LogP contribution in [0.1, 0.15) is 38.1 Å². The topological polar surface area (TPSA) is 95.0 Å². The van der Waals surface area contributed by atoms with Crippen molar-refractivity contribution in [2.75, 3.05) is 12.2 Å². The Kier molecular flexibility index (Phi) is 6.99. The van der Waals surface area contributed by atoms with Crippen LogP contribution in [-0.2, 0) is 14.3 Å². The average Bonchev–Trinajstić information content (AvgIpc) is 3.18. The Hall–Kier alpha value is -3.90. The number of amides is 1. The number of ether oxygens (including phenoxy) is 2. The third-order valence-electron chi connectivity index (χ3n) is 4.03. The Morgan fingerprint density at radius 3 is 2.39 bits per heavy atom. The molecular weight excluding hydrogens is 444 g/mol. The molecule has 0 saturated heterocycles. The number of carbonyl (C=O) groups is 3. The monoisotopic (exact) mass is 466 g/mol. The molecule has 8 nitrogen and oxygen atoms in total. The molecule has 33 heavy (non-hydrogen) atoms. The van der Waals surface area contributed by atoms with E-state index in [2.05, 4.69) is 16.8 Å². The van der Waals surface area contributed by atoms with Gasteiger partial charge < -0.3 is 14.3 Å². The number of esters is 1. The Bertz CT molecular complexity index is 1250. The first-order chi connectivity index (χ1) is 15.6. The van der Waals surface area contributed by atoms with Crippen LogP contribution in [0.15, 0.2) is 42.5 Å². The van der Waals surface area contributed by atoms with Gasteiger partial charge in [-0.3, -0.25) is 9.59 Å². The van der Waals surface area contributed by atoms with Gasteiger partial charge in [0, 0.05) is 18.4 Å². The van der Waals surface area contributed by atoms with E-state index in [1.54, 1.807) is 20.8 Å². The molecule has 1 aromatic heterocycles. The van der Waals surface area contributed by atoms with Crippen LogP contribution in [0.2, 0.25) is 0 Å². The number of para-hydroxylation sites is 1. The number of Topliss-reactive ketones (excluding diaryl/α,β-unsaturated/α-hetero) is 1. The minimum absolute atomic E-state index is 0.185. The molecule has 0 aliphatic rings. The quantitative estimate of drug-likeness (QED) is 0.139. The molecule has 2 aromatic carbocycles. The number of benzene rings is 2. The van der Waals surface area contributed by atoms with E-state index in [1.807, 2.05) is 24.3 Å². The van der Waals surface area contributed by atoms with Gasteiger partial charge in [-0.05, 0) is 57.0 Å². The Labute approximate surface area is 195 Å². The van der Waals surface area contributed by atoms with E-state index in [0.29, 0.717) is 5.13 Å². The van der Waals surface area contributed by atoms with E-state index >= 15 is 0 Å². The highest BCUT2D eigenvalue weighted by Gasteiger charge is 2.21. The van der Waals surface area contributed by atoms with E-state index in [9.17, 15) is 14.4 Å². The lowest BCUT2D eigenvalue weighted by molar-refractivity contribution is -0.147. The zero-order valence-corrected chi connectivity index (χ0v) is 19.6. The zero-order chi connectivity index (χ0) is 24.2. The third-order valence-corrected chi connectivity index (χ3v) is 5.04. The van der Waals surface area contributed by atoms with Gasteiger partial charge in [-0.25, -0.2) is 9.78 Å². The van der Waals surface area contributed by atoms with Gasteiger partial charge in [0.2, 0.25) is 10.9 Å². The van der Waals surface area contributed by atoms with E-state index in [1.165, 1.54) is 43.6 Å². The van der Waals surface area contributed by atoms with Gasteiger partial charge >= 0.3 is 5.97 Å². The van der Waals surface area contributed by atoms with E-state index < -0.39 is 17.4 Å². The van der Waals surface area contributed by atoms with Crippen LogP contribution >= 0.6 is 11.3 Å². The molecule has 0 unspecified atom stereocenters. The van der Waals surface area contributed by atoms with Crippen molar-refractivity contribution in [1.29, 1.82) is 0 Å². The first-order valence-corrected chi connectivity index (χ1v) is 10.7. The van der Waals surface area contributed by atoms with Crippen LogP contribution in [0.5, 0.6) is 11.5 Å². The van der Waals surface area contributed by atoms with Gasteiger partial charge in [0.25, 0.3) is 5.91 Å². The van der Waals surface area contributed by atoms with Gasteiger partial charge in [-0.2, -0.15) is 0 Å². The molecular formula is C24H22N2O6S. The van der Waals surface area contributed by atoms with Gasteiger partial charge in [0.05, 0.1) is 17.3 Å². The lowest BCUT2D eigenvalue weighted by Crippen LogP contribution is -2.32. The highest BCUT2D eigenvalue weighted by atomic mass is 32.1. The Balaban J connectivity index is 1.83. The minimum Gasteiger partial charge on any atom is -0.493 e. The van der Waals surface area contributed by atoms with Crippen molar-refractivity contribution in [3.05, 3.63) is 48.0 Å². The second-order valence-electron chi connectivity index (χ2n) is 7.82. The largest absolute Gasteiger partial charge is 0.493 e. The summed E-state index contributed by atoms with van der Waals surface area (Å²) < 4.78 is 11.3. The van der Waals surface area contributed by atoms with Crippen molar-refractivity contribution < 1.29 is 28.7 Å². The highest BCUT2D eigenvalue weighted by Crippen LogP contribution is 2.33. The molecule has 0 aliphatic heterocycles. The van der Waals surface area contributed by atoms with Gasteiger partial charge in [0.1, 0.15) is 5.60 Å². The molecule has 0 radical (unpaired) electrons. The molecule has 0 saturated carbocycles. The summed E-state index contributed by atoms with van der Waals surface area (Å²) in [7, 11) is 1.40. The molecule has 9 heteroatoms. The standard InChI is InChI=1S/C24H22N2O6S/c1-15(27)26(23-25-17-8-6-7-9-21(17)33-23)32-19-12-10-16(14-20(19)30-5)18(28)11-13-22(29)31-24(2,3)4/h6-10,12,14H,1-5H3. The smallest absolute Gasteiger partial charge is 0.385 e. The van der Waals surface area contributed by atoms with E-state index in [0.717, 1.165) is 15.3 Å². The van der Waals surface area contributed by atoms with Crippen molar-refractivity contribution in [1.82, 2.24) is 4.98 Å². The first-order valence-electron chi connectivity index (χ1n) is 9.89. The van der Waals surface area contributed by atoms with Crippen molar-refractivity contribution in [2.24, 2.45) is 0 Å². The molecule has 0 atom stereocenters. The predicted molar refractivity (Wildman–Crippen MR) is 124 cm³/mol. The van der Waals surface area contributed by atoms with Gasteiger partial charge in [-0.15, -0.1) is 5.06 Å². The molecule has 0 aliphatic carbocycles. The first kappa shape index (κ1) is 23.8. The summed E-state index contributed by atoms with van der Waals surface area (Å²) in [6.07, 6.45) is 0. The van der Waals surface area contributed by atoms with Crippen molar-refractivity contribution in [3.8, 4) is 23.3 Å². The number of hydrogen-bond acceptors (Lipinski definition) is 8. The summed E-state index contributed by atoms with van der Waals surface area (Å²) in [5.74, 6) is 3.05. The van der Waals surface area contributed by atoms with Crippen molar-refractivity contribution in [3.63, 3.8) is 0 Å². The van der Waals surface area contributed by atoms with Crippen LogP contribution in [0.25, 0.3) is 10.2 Å². The fourth-order valence-corrected chi connectivity index (χ4v) is 3.61. The van der Waals surface area contributed by atoms with Crippen LogP contribution in [0.4, 0.5) is 5.13 Å². The molecule has 3 aromatic rings. The number of thiazole rings is 1. The van der Waals surface area contributed by atoms with Crippen LogP contribution in [-0.4, -0.2) is 35.4 Å². The Morgan fingerprint density at radius 1 is 1.03 bits per heavy atom. The number of aromatic nitrogens is 1. The summed E-state index contributed by atoms with van der Waals surface area (Å²) in [6, 6.07) is 11.8. The lowest BCUT2D eigenvalue weighted by Gasteiger charge is -2.19. The highest BCUT2D eigenvalue weighted by molar-refractivity contribution is 7.22. The van der Waals surface area contributed by atoms with Crippen LogP contribution in [0.3, 0.4) is 0 Å². The summed E-state index contributed by atoms with van der Waals surface area (Å²) in [6.45, 7) is 6.46. The van der Waals surface area contributed by atoms with Gasteiger partial charge in [-0.1, -0.05) is 23.5 Å². The molecule has 0 spiro atoms. The number of hydroxylamine groups is 1. The van der Waals surface area contributed by atoms with Gasteiger partial charge in [0.15, 0.2) is 11.5 Å². The maximum absolute atomic E-state index is 12.4. The predicted octanol–water partition coefficient (Wildman–Crippen LogP) is 4.18. The number of hydrogen-bond donors (Lipinski definition) is 0. The summed E-state index contributed by atoms with van der Waals surface area (Å²) in [5, 5.41) is 1.42. The summed E-state index contributed by atoms with van der Waals surface area (Å²) in [5.41, 5.74) is 0.219. The number of anilines is 1. The van der Waals surface area contributed by atoms with Crippen molar-refractivity contribution >= 4 is 44.3 Å². The normalized spacial score (nSPS) is 10.7. The number of carbonyl (C=O) groups excluding carboxylic acids is 3. The number of nitrogens with zero attached hydrogens (tertiary/aromatic N) is 2. The maximum Gasteiger partial charge on any atom is 0.385 e. The Morgan fingerprint density at radius 2 is 1.76 bits per heavy atom. The molecule has 0 N–H and O–H groups in total. The lowest BCUT2D eigenvalue weighted by atomic mass is 10.1. The fraction of sp³-hybridized carbons (Fsp3) is 0.250. The molecule has 3 rings (SSSR count). The van der Waals surface area contributed by atoms with E-state index in [-0.39, 0.29) is 23.0 Å². The average molecular weight is 467 g/mol. The van der Waals surface area contributed by atoms with E-state index in [4.69, 9.17) is 14.3 Å². The summed E-state index contributed by atoms with van der Waals surface area (Å²) in [4.78, 5) is 46.6. The molecule has 1 amide bonds. The number of rotatable bonds is 5. The minimum atomic E-state index is -0.796. The third kappa shape index (κ3) is 6.08. The maximum atomic E-state index is 12.4. The molecule has 170 valence electrons. The molecule has 0 fully saturated rings. The number of methoxy groups -OCH3 is 1. The SMILES string of the molecule is COc1cc(C(=O)C#CC(=O)OC(C)(C)C)ccc1ON(C(C)=O)c1nc2ccccc2s1. The second kappa shape index (κ2) is 9.71. The zero-order valence-electron chi connectivity index (χ0n) is 18.8. The van der Waals surface area contributed by atoms with Crippen LogP contribution < -0.4 is 14.6 Å². The van der Waals surface area contributed by atoms with Crippen LogP contribution in [0, 0.1) is 11.8 Å². The number of ketones is 1. The second-order valence-corrected chi connectivity index (χ2v) is 8.82. The fourth-order valence-electron chi connectivity index (χ4n) is 2.65. The molecule has 1 heterocycles. The summed E-state index contributed by atoms with van der Waals surface area (Å²) >= 11 is 1.30. The molecule has 0 bridgehead atoms.